The maximum absolute atomic E-state index is 11.6. The molecular weight excluding hydrogens is 220 g/mol. The lowest BCUT2D eigenvalue weighted by Crippen LogP contribution is -2.11. The predicted octanol–water partition coefficient (Wildman–Crippen LogP) is 1.78. The molecule has 0 heterocycles. The molecule has 0 atom stereocenters. The van der Waals surface area contributed by atoms with Crippen molar-refractivity contribution in [2.24, 2.45) is 0 Å². The number of ether oxygens (including phenoxy) is 1. The summed E-state index contributed by atoms with van der Waals surface area (Å²) in [5.41, 5.74) is 0.582. The van der Waals surface area contributed by atoms with E-state index in [1.807, 2.05) is 6.07 Å². The Morgan fingerprint density at radius 2 is 1.71 bits per heavy atom. The Morgan fingerprint density at radius 3 is 2.29 bits per heavy atom. The van der Waals surface area contributed by atoms with Crippen LogP contribution in [-0.4, -0.2) is 24.6 Å². The highest BCUT2D eigenvalue weighted by molar-refractivity contribution is 6.01. The molecule has 1 rings (SSSR count). The number of hydrogen-bond donors (Lipinski definition) is 0. The second kappa shape index (κ2) is 6.58. The molecule has 17 heavy (non-hydrogen) atoms. The molecule has 1 aromatic rings. The highest BCUT2D eigenvalue weighted by atomic mass is 16.5. The largest absolute Gasteiger partial charge is 0.469 e. The molecule has 0 aliphatic carbocycles. The zero-order valence-electron chi connectivity index (χ0n) is 9.64. The Labute approximate surface area is 99.6 Å². The first kappa shape index (κ1) is 13.1. The summed E-state index contributed by atoms with van der Waals surface area (Å²) in [6.45, 7) is 0. The van der Waals surface area contributed by atoms with Crippen molar-refractivity contribution in [3.05, 3.63) is 35.9 Å². The normalized spacial score (nSPS) is 9.71. The van der Waals surface area contributed by atoms with E-state index < -0.39 is 5.97 Å². The lowest BCUT2D eigenvalue weighted by molar-refractivity contribution is -0.143. The average Bonchev–Trinajstić information content (AvgIpc) is 2.36. The van der Waals surface area contributed by atoms with Gasteiger partial charge in [-0.25, -0.2) is 0 Å². The van der Waals surface area contributed by atoms with Crippen molar-refractivity contribution < 1.29 is 19.1 Å². The third-order valence-electron chi connectivity index (χ3n) is 2.30. The van der Waals surface area contributed by atoms with Gasteiger partial charge >= 0.3 is 5.97 Å². The highest BCUT2D eigenvalue weighted by Crippen LogP contribution is 2.06. The molecule has 0 unspecified atom stereocenters. The average molecular weight is 234 g/mol. The van der Waals surface area contributed by atoms with Crippen LogP contribution in [0.25, 0.3) is 0 Å². The molecule has 4 nitrogen and oxygen atoms in total. The topological polar surface area (TPSA) is 60.4 Å². The van der Waals surface area contributed by atoms with Crippen LogP contribution in [0.2, 0.25) is 0 Å². The minimum Gasteiger partial charge on any atom is -0.469 e. The molecule has 0 radical (unpaired) electrons. The fourth-order valence-electron chi connectivity index (χ4n) is 1.34. The lowest BCUT2D eigenvalue weighted by Gasteiger charge is -2.00. The van der Waals surface area contributed by atoms with Crippen LogP contribution in [-0.2, 0) is 14.3 Å². The van der Waals surface area contributed by atoms with Gasteiger partial charge in [0, 0.05) is 18.4 Å². The predicted molar refractivity (Wildman–Crippen MR) is 61.6 cm³/mol. The summed E-state index contributed by atoms with van der Waals surface area (Å²) in [5, 5.41) is 0. The quantitative estimate of drug-likeness (QED) is 0.427. The second-order valence-electron chi connectivity index (χ2n) is 3.58. The van der Waals surface area contributed by atoms with Gasteiger partial charge in [-0.2, -0.15) is 0 Å². The van der Waals surface area contributed by atoms with Crippen LogP contribution < -0.4 is 0 Å². The number of carbonyl (C=O) groups is 3. The van der Waals surface area contributed by atoms with Gasteiger partial charge < -0.3 is 4.74 Å². The Hall–Kier alpha value is -1.97. The van der Waals surface area contributed by atoms with Gasteiger partial charge in [-0.3, -0.25) is 14.4 Å². The summed E-state index contributed by atoms with van der Waals surface area (Å²) in [4.78, 5) is 33.7. The molecule has 0 N–H and O–H groups in total. The third-order valence-corrected chi connectivity index (χ3v) is 2.30. The molecule has 4 heteroatoms. The standard InChI is InChI=1S/C13H14O4/c1-17-13(16)9-11(14)7-8-12(15)10-5-3-2-4-6-10/h2-6H,7-9H2,1H3. The van der Waals surface area contributed by atoms with E-state index in [1.54, 1.807) is 24.3 Å². The number of rotatable bonds is 6. The minimum absolute atomic E-state index is 0.0722. The van der Waals surface area contributed by atoms with Crippen LogP contribution in [0.1, 0.15) is 29.6 Å². The molecule has 0 fully saturated rings. The number of hydrogen-bond acceptors (Lipinski definition) is 4. The van der Waals surface area contributed by atoms with Crippen molar-refractivity contribution in [3.63, 3.8) is 0 Å². The van der Waals surface area contributed by atoms with Gasteiger partial charge in [-0.05, 0) is 0 Å². The number of ketones is 2. The van der Waals surface area contributed by atoms with Crippen molar-refractivity contribution in [1.29, 1.82) is 0 Å². The van der Waals surface area contributed by atoms with E-state index in [0.29, 0.717) is 5.56 Å². The van der Waals surface area contributed by atoms with Gasteiger partial charge in [0.15, 0.2) is 5.78 Å². The molecular formula is C13H14O4. The molecule has 0 aliphatic heterocycles. The summed E-state index contributed by atoms with van der Waals surface area (Å²) in [6.07, 6.45) is -0.0682. The molecule has 0 saturated carbocycles. The van der Waals surface area contributed by atoms with Gasteiger partial charge in [-0.15, -0.1) is 0 Å². The molecule has 0 amide bonds. The molecule has 90 valence electrons. The maximum atomic E-state index is 11.6. The maximum Gasteiger partial charge on any atom is 0.313 e. The van der Waals surface area contributed by atoms with Gasteiger partial charge in [0.25, 0.3) is 0 Å². The summed E-state index contributed by atoms with van der Waals surface area (Å²) >= 11 is 0. The summed E-state index contributed by atoms with van der Waals surface area (Å²) in [7, 11) is 1.23. The van der Waals surface area contributed by atoms with Crippen LogP contribution in [0.5, 0.6) is 0 Å². The Bertz CT molecular complexity index is 409. The number of carbonyl (C=O) groups excluding carboxylic acids is 3. The smallest absolute Gasteiger partial charge is 0.313 e. The van der Waals surface area contributed by atoms with E-state index in [4.69, 9.17) is 0 Å². The Kier molecular flexibility index (Phi) is 5.07. The molecule has 0 aromatic heterocycles. The van der Waals surface area contributed by atoms with Gasteiger partial charge in [0.05, 0.1) is 7.11 Å². The van der Waals surface area contributed by atoms with Crippen molar-refractivity contribution in [1.82, 2.24) is 0 Å². The molecule has 0 spiro atoms. The van der Waals surface area contributed by atoms with E-state index in [0.717, 1.165) is 0 Å². The number of esters is 1. The van der Waals surface area contributed by atoms with Crippen molar-refractivity contribution in [2.45, 2.75) is 19.3 Å². The first-order valence-corrected chi connectivity index (χ1v) is 5.30. The molecule has 1 aromatic carbocycles. The first-order chi connectivity index (χ1) is 8.13. The monoisotopic (exact) mass is 234 g/mol. The zero-order valence-corrected chi connectivity index (χ0v) is 9.64. The van der Waals surface area contributed by atoms with E-state index in [-0.39, 0.29) is 30.8 Å². The summed E-state index contributed by atoms with van der Waals surface area (Å²) in [5.74, 6) is -0.938. The molecule has 0 saturated heterocycles. The fraction of sp³-hybridized carbons (Fsp3) is 0.308. The SMILES string of the molecule is COC(=O)CC(=O)CCC(=O)c1ccccc1. The third kappa shape index (κ3) is 4.59. The summed E-state index contributed by atoms with van der Waals surface area (Å²) < 4.78 is 4.37. The van der Waals surface area contributed by atoms with Crippen molar-refractivity contribution in [3.8, 4) is 0 Å². The van der Waals surface area contributed by atoms with Gasteiger partial charge in [0.2, 0.25) is 0 Å². The number of benzene rings is 1. The van der Waals surface area contributed by atoms with Crippen LogP contribution in [0.3, 0.4) is 0 Å². The zero-order chi connectivity index (χ0) is 12.7. The van der Waals surface area contributed by atoms with Gasteiger partial charge in [0.1, 0.15) is 12.2 Å². The van der Waals surface area contributed by atoms with E-state index in [2.05, 4.69) is 4.74 Å². The second-order valence-corrected chi connectivity index (χ2v) is 3.58. The van der Waals surface area contributed by atoms with Gasteiger partial charge in [-0.1, -0.05) is 30.3 Å². The highest BCUT2D eigenvalue weighted by Gasteiger charge is 2.12. The van der Waals surface area contributed by atoms with E-state index >= 15 is 0 Å². The van der Waals surface area contributed by atoms with E-state index in [1.165, 1.54) is 7.11 Å². The van der Waals surface area contributed by atoms with Crippen LogP contribution in [0, 0.1) is 0 Å². The van der Waals surface area contributed by atoms with Crippen molar-refractivity contribution >= 4 is 17.5 Å². The fourth-order valence-corrected chi connectivity index (χ4v) is 1.34. The Balaban J connectivity index is 2.39. The number of methoxy groups -OCH3 is 1. The van der Waals surface area contributed by atoms with Crippen LogP contribution in [0.4, 0.5) is 0 Å². The van der Waals surface area contributed by atoms with Crippen LogP contribution in [0.15, 0.2) is 30.3 Å². The summed E-state index contributed by atoms with van der Waals surface area (Å²) in [6, 6.07) is 8.76. The lowest BCUT2D eigenvalue weighted by atomic mass is 10.0. The van der Waals surface area contributed by atoms with Crippen LogP contribution >= 0.6 is 0 Å². The minimum atomic E-state index is -0.567. The Morgan fingerprint density at radius 1 is 1.06 bits per heavy atom. The molecule has 0 bridgehead atoms. The van der Waals surface area contributed by atoms with E-state index in [9.17, 15) is 14.4 Å². The first-order valence-electron chi connectivity index (χ1n) is 5.30. The van der Waals surface area contributed by atoms with Crippen molar-refractivity contribution in [2.75, 3.05) is 7.11 Å². The number of Topliss-reactive ketones (excluding diaryl/α,β-unsaturated/α-hetero) is 2. The molecule has 0 aliphatic rings.